The Morgan fingerprint density at radius 2 is 0.777 bits per heavy atom. The molecule has 5 rings (SSSR count). The number of hydrogen-bond acceptors (Lipinski definition) is 16. The lowest BCUT2D eigenvalue weighted by Crippen LogP contribution is -2.75. The zero-order valence-electron chi connectivity index (χ0n) is 55.5. The molecule has 0 spiro atoms. The summed E-state index contributed by atoms with van der Waals surface area (Å²) in [6.07, 6.45) is 9.39. The lowest BCUT2D eigenvalue weighted by Gasteiger charge is -2.34. The van der Waals surface area contributed by atoms with E-state index < -0.39 is 43.7 Å². The number of benzene rings is 4. The van der Waals surface area contributed by atoms with Crippen LogP contribution in [0.3, 0.4) is 0 Å². The van der Waals surface area contributed by atoms with Crippen LogP contribution in [0.2, 0.25) is 0 Å². The van der Waals surface area contributed by atoms with Crippen molar-refractivity contribution in [3.05, 3.63) is 95.1 Å². The fourth-order valence-electron chi connectivity index (χ4n) is 9.53. The second-order valence-electron chi connectivity index (χ2n) is 22.6. The predicted octanol–water partition coefficient (Wildman–Crippen LogP) is 3.33. The highest BCUT2D eigenvalue weighted by Crippen LogP contribution is 2.31. The van der Waals surface area contributed by atoms with Gasteiger partial charge < -0.3 is 31.1 Å². The third-order valence-electron chi connectivity index (χ3n) is 15.0. The highest BCUT2D eigenvalue weighted by atomic mass is 32.2. The Balaban J connectivity index is 0.931. The standard InChI is InChI=1S/C64H96N16O10S4/c1-9-13-31-67-63(68-32-14-10-2)91-43-55(81)71-57-45(5)19-29-53(47(57)7)93(87,88)77-51-25-21-49(22-26-51)73-75-61(85)59(83)65-35-17-37-79-39-41-80(42-40-79)38-18-36-66-60(84)62(86)76-74-50-23-27-52(28-24-50)78-94(89,90)54-30-20-46(6)58(48(54)8)72-56(82)44-92-64(69-33-15-11-3)70-34-16-12-4/h19-30,73-74,77-78H,9-18,31-44H2,1-8H3,(H,65,83)(H,66,84)(H,67,68)(H,69,70)(H,71,81)(H,72,82)(H,75,85)(H,76,86)/p+2. The predicted molar refractivity (Wildman–Crippen MR) is 377 cm³/mol. The maximum absolute atomic E-state index is 13.6. The number of carbonyl (C=O) groups excluding carboxylic acids is 6. The molecule has 14 N–H and O–H groups in total. The number of nitrogens with one attached hydrogen (secondary N) is 14. The van der Waals surface area contributed by atoms with Crippen LogP contribution >= 0.6 is 23.5 Å². The van der Waals surface area contributed by atoms with Gasteiger partial charge >= 0.3 is 34.0 Å². The topological polar surface area (TPSA) is 349 Å². The number of carbonyl (C=O) groups is 6. The van der Waals surface area contributed by atoms with Gasteiger partial charge in [-0.25, -0.2) is 16.8 Å². The van der Waals surface area contributed by atoms with Gasteiger partial charge in [0.05, 0.1) is 58.9 Å². The first-order valence-corrected chi connectivity index (χ1v) is 37.1. The van der Waals surface area contributed by atoms with E-state index in [4.69, 9.17) is 0 Å². The molecule has 1 aliphatic heterocycles. The second kappa shape index (κ2) is 40.6. The van der Waals surface area contributed by atoms with Crippen LogP contribution < -0.4 is 73.0 Å². The Morgan fingerprint density at radius 3 is 1.13 bits per heavy atom. The molecule has 4 aromatic rings. The molecular weight excluding hydrogens is 1280 g/mol. The Hall–Kier alpha value is -7.64. The number of unbranched alkanes of at least 4 members (excludes halogenated alkanes) is 4. The molecule has 6 amide bonds. The summed E-state index contributed by atoms with van der Waals surface area (Å²) in [4.78, 5) is 87.9. The molecule has 0 saturated carbocycles. The summed E-state index contributed by atoms with van der Waals surface area (Å²) in [7, 11) is -8.18. The van der Waals surface area contributed by atoms with Crippen molar-refractivity contribution >= 4 is 123 Å². The Bertz CT molecular complexity index is 3220. The number of aryl methyl sites for hydroxylation is 2. The van der Waals surface area contributed by atoms with E-state index in [2.05, 4.69) is 111 Å². The summed E-state index contributed by atoms with van der Waals surface area (Å²) in [5.41, 5.74) is 14.4. The minimum absolute atomic E-state index is 0.00167. The molecule has 30 heteroatoms. The molecule has 0 unspecified atom stereocenters. The van der Waals surface area contributed by atoms with Gasteiger partial charge in [-0.05, 0) is 186 Å². The van der Waals surface area contributed by atoms with Crippen LogP contribution in [0.25, 0.3) is 0 Å². The van der Waals surface area contributed by atoms with Gasteiger partial charge in [0.15, 0.2) is 0 Å². The maximum Gasteiger partial charge on any atom is 0.327 e. The number of nitrogens with zero attached hydrogens (tertiary/aromatic N) is 2. The SMILES string of the molecule is CCCCNC(=[NH+]CCCC)SCC(=O)Nc1c(C)ccc(S(=O)(=O)Nc2ccc(NNC(=O)C(=O)NCCCN3CCN(CCCNC(=O)C(=O)NNc4ccc(NS(=O)(=O)c5ccc(C)c(NC(=O)CSC(NCCCC)=[NH+]CCCC)c5C)cc4)CC3)cc2)c1C. The van der Waals surface area contributed by atoms with Gasteiger partial charge in [-0.1, -0.05) is 65.5 Å². The van der Waals surface area contributed by atoms with Gasteiger partial charge in [-0.2, -0.15) is 0 Å². The van der Waals surface area contributed by atoms with E-state index in [0.29, 0.717) is 70.9 Å². The summed E-state index contributed by atoms with van der Waals surface area (Å²) in [6.45, 7) is 23.6. The first-order chi connectivity index (χ1) is 45.1. The highest BCUT2D eigenvalue weighted by Gasteiger charge is 2.25. The lowest BCUT2D eigenvalue weighted by molar-refractivity contribution is -0.457. The molecule has 0 aliphatic carbocycles. The summed E-state index contributed by atoms with van der Waals surface area (Å²) in [6, 6.07) is 18.4. The van der Waals surface area contributed by atoms with Crippen LogP contribution in [0.5, 0.6) is 0 Å². The zero-order valence-corrected chi connectivity index (χ0v) is 58.8. The average Bonchev–Trinajstić information content (AvgIpc) is 0.801. The molecule has 4 aromatic carbocycles. The van der Waals surface area contributed by atoms with Gasteiger partial charge in [0.25, 0.3) is 20.0 Å². The third kappa shape index (κ3) is 26.6. The second-order valence-corrected chi connectivity index (χ2v) is 27.9. The van der Waals surface area contributed by atoms with Crippen molar-refractivity contribution < 1.29 is 55.6 Å². The number of hydrogen-bond donors (Lipinski definition) is 14. The van der Waals surface area contributed by atoms with Crippen LogP contribution in [0, 0.1) is 27.7 Å². The smallest absolute Gasteiger partial charge is 0.327 e. The van der Waals surface area contributed by atoms with E-state index in [-0.39, 0.29) is 57.6 Å². The normalized spacial score (nSPS) is 13.1. The molecule has 0 radical (unpaired) electrons. The Kier molecular flexibility index (Phi) is 33.3. The number of hydrazine groups is 2. The molecule has 26 nitrogen and oxygen atoms in total. The molecule has 1 aliphatic rings. The number of piperazine rings is 1. The average molecular weight is 1380 g/mol. The van der Waals surface area contributed by atoms with E-state index in [1.807, 2.05) is 0 Å². The first kappa shape index (κ1) is 77.1. The van der Waals surface area contributed by atoms with Crippen LogP contribution in [0.15, 0.2) is 82.6 Å². The molecule has 0 aromatic heterocycles. The monoisotopic (exact) mass is 1380 g/mol. The molecule has 1 saturated heterocycles. The van der Waals surface area contributed by atoms with Crippen molar-refractivity contribution in [1.29, 1.82) is 0 Å². The van der Waals surface area contributed by atoms with Crippen molar-refractivity contribution in [3.63, 3.8) is 0 Å². The quantitative estimate of drug-likeness (QED) is 0.0102. The summed E-state index contributed by atoms with van der Waals surface area (Å²) in [5, 5.41) is 19.5. The Labute approximate surface area is 563 Å². The van der Waals surface area contributed by atoms with Crippen molar-refractivity contribution in [3.8, 4) is 0 Å². The van der Waals surface area contributed by atoms with Gasteiger partial charge in [-0.15, -0.1) is 0 Å². The van der Waals surface area contributed by atoms with Gasteiger partial charge in [0.2, 0.25) is 11.8 Å². The highest BCUT2D eigenvalue weighted by molar-refractivity contribution is 8.14. The third-order valence-corrected chi connectivity index (χ3v) is 20.0. The van der Waals surface area contributed by atoms with Gasteiger partial charge in [-0.3, -0.25) is 80.5 Å². The Morgan fingerprint density at radius 1 is 0.436 bits per heavy atom. The van der Waals surface area contributed by atoms with Crippen molar-refractivity contribution in [2.45, 2.75) is 129 Å². The van der Waals surface area contributed by atoms with Gasteiger partial charge in [0.1, 0.15) is 0 Å². The molecule has 516 valence electrons. The van der Waals surface area contributed by atoms with Crippen LogP contribution in [0.4, 0.5) is 34.1 Å². The molecule has 1 heterocycles. The summed E-state index contributed by atoms with van der Waals surface area (Å²) in [5.74, 6) is -3.74. The van der Waals surface area contributed by atoms with Crippen molar-refractivity contribution in [2.24, 2.45) is 0 Å². The van der Waals surface area contributed by atoms with E-state index in [1.165, 1.54) is 84.2 Å². The zero-order chi connectivity index (χ0) is 68.5. The van der Waals surface area contributed by atoms with Crippen LogP contribution in [-0.4, -0.2) is 162 Å². The lowest BCUT2D eigenvalue weighted by atomic mass is 10.1. The summed E-state index contributed by atoms with van der Waals surface area (Å²) < 4.78 is 59.7. The first-order valence-electron chi connectivity index (χ1n) is 32.2. The largest absolute Gasteiger partial charge is 0.348 e. The van der Waals surface area contributed by atoms with E-state index in [9.17, 15) is 45.6 Å². The number of thioether (sulfide) groups is 2. The number of amidine groups is 2. The van der Waals surface area contributed by atoms with Crippen molar-refractivity contribution in [1.82, 2.24) is 41.9 Å². The maximum atomic E-state index is 13.6. The molecular formula is C64H98N16O10S4+2. The molecule has 0 bridgehead atoms. The van der Waals surface area contributed by atoms with Crippen LogP contribution in [0.1, 0.15) is 114 Å². The number of sulfonamides is 2. The molecule has 1 fully saturated rings. The minimum Gasteiger partial charge on any atom is -0.348 e. The summed E-state index contributed by atoms with van der Waals surface area (Å²) >= 11 is 2.74. The number of anilines is 6. The van der Waals surface area contributed by atoms with Crippen molar-refractivity contribution in [2.75, 3.05) is 121 Å². The molecule has 94 heavy (non-hydrogen) atoms. The van der Waals surface area contributed by atoms with E-state index >= 15 is 0 Å². The minimum atomic E-state index is -4.09. The van der Waals surface area contributed by atoms with E-state index in [0.717, 1.165) is 114 Å². The number of rotatable bonds is 36. The number of amides is 6. The molecule has 0 atom stereocenters. The van der Waals surface area contributed by atoms with Gasteiger partial charge in [0, 0.05) is 62.0 Å². The van der Waals surface area contributed by atoms with E-state index in [1.54, 1.807) is 39.8 Å². The fraction of sp³-hybridized carbons (Fsp3) is 0.500. The van der Waals surface area contributed by atoms with Crippen LogP contribution in [-0.2, 0) is 48.8 Å². The fourth-order valence-corrected chi connectivity index (χ4v) is 13.7.